The number of hydrogen-bond donors (Lipinski definition) is 0. The molecule has 0 aromatic heterocycles. The number of hydrogen-bond acceptors (Lipinski definition) is 1. The second kappa shape index (κ2) is 5.32. The minimum atomic E-state index is 0.770. The van der Waals surface area contributed by atoms with Crippen LogP contribution in [0, 0.1) is 11.3 Å². The highest BCUT2D eigenvalue weighted by Crippen LogP contribution is 2.14. The third-order valence-corrected chi connectivity index (χ3v) is 2.96. The van der Waals surface area contributed by atoms with Gasteiger partial charge in [0, 0.05) is 0 Å². The van der Waals surface area contributed by atoms with Crippen LogP contribution in [0.25, 0.3) is 0 Å². The molecule has 0 saturated carbocycles. The first-order valence-corrected chi connectivity index (χ1v) is 5.89. The van der Waals surface area contributed by atoms with E-state index in [-0.39, 0.29) is 0 Å². The van der Waals surface area contributed by atoms with E-state index in [9.17, 15) is 0 Å². The van der Waals surface area contributed by atoms with Crippen LogP contribution in [0.15, 0.2) is 48.5 Å². The Labute approximate surface area is 102 Å². The molecule has 0 unspecified atom stereocenters. The molecule has 2 rings (SSSR count). The second-order valence-corrected chi connectivity index (χ2v) is 4.12. The molecule has 0 saturated heterocycles. The van der Waals surface area contributed by atoms with Gasteiger partial charge in [0.15, 0.2) is 0 Å². The number of nitrogens with zero attached hydrogens (tertiary/aromatic N) is 1. The van der Waals surface area contributed by atoms with Gasteiger partial charge in [-0.05, 0) is 35.6 Å². The lowest BCUT2D eigenvalue weighted by Crippen LogP contribution is -1.92. The molecule has 2 aromatic carbocycles. The maximum Gasteiger partial charge on any atom is 0.0994 e. The van der Waals surface area contributed by atoms with Crippen molar-refractivity contribution in [3.8, 4) is 6.07 Å². The largest absolute Gasteiger partial charge is 0.192 e. The van der Waals surface area contributed by atoms with E-state index in [2.05, 4.69) is 37.3 Å². The molecule has 0 fully saturated rings. The summed E-state index contributed by atoms with van der Waals surface area (Å²) in [4.78, 5) is 0. The van der Waals surface area contributed by atoms with Gasteiger partial charge in [0.25, 0.3) is 0 Å². The van der Waals surface area contributed by atoms with E-state index in [1.165, 1.54) is 11.1 Å². The first kappa shape index (κ1) is 11.4. The molecule has 0 spiro atoms. The Bertz CT molecular complexity index is 532. The lowest BCUT2D eigenvalue weighted by atomic mass is 9.99. The summed E-state index contributed by atoms with van der Waals surface area (Å²) in [5, 5.41) is 9.03. The van der Waals surface area contributed by atoms with Crippen molar-refractivity contribution in [3.05, 3.63) is 70.8 Å². The topological polar surface area (TPSA) is 23.8 Å². The van der Waals surface area contributed by atoms with Gasteiger partial charge in [-0.1, -0.05) is 49.4 Å². The molecule has 17 heavy (non-hydrogen) atoms. The van der Waals surface area contributed by atoms with Crippen molar-refractivity contribution in [3.63, 3.8) is 0 Å². The molecule has 0 radical (unpaired) electrons. The highest BCUT2D eigenvalue weighted by Gasteiger charge is 2.02. The zero-order valence-corrected chi connectivity index (χ0v) is 9.98. The summed E-state index contributed by atoms with van der Waals surface area (Å²) in [5.41, 5.74) is 4.47. The molecule has 0 atom stereocenters. The van der Waals surface area contributed by atoms with Crippen LogP contribution in [-0.2, 0) is 12.8 Å². The van der Waals surface area contributed by atoms with E-state index in [0.717, 1.165) is 24.0 Å². The van der Waals surface area contributed by atoms with Crippen LogP contribution >= 0.6 is 0 Å². The molecule has 2 aromatic rings. The quantitative estimate of drug-likeness (QED) is 0.775. The van der Waals surface area contributed by atoms with Gasteiger partial charge in [0.1, 0.15) is 0 Å². The third kappa shape index (κ3) is 2.73. The molecule has 0 aliphatic rings. The van der Waals surface area contributed by atoms with E-state index in [4.69, 9.17) is 5.26 Å². The smallest absolute Gasteiger partial charge is 0.0994 e. The Morgan fingerprint density at radius 1 is 0.941 bits per heavy atom. The Hall–Kier alpha value is -2.07. The van der Waals surface area contributed by atoms with Gasteiger partial charge in [-0.25, -0.2) is 0 Å². The Morgan fingerprint density at radius 3 is 2.24 bits per heavy atom. The van der Waals surface area contributed by atoms with Crippen molar-refractivity contribution in [1.82, 2.24) is 0 Å². The molecular formula is C16H15N. The summed E-state index contributed by atoms with van der Waals surface area (Å²) in [6.45, 7) is 2.15. The van der Waals surface area contributed by atoms with Crippen LogP contribution in [-0.4, -0.2) is 0 Å². The van der Waals surface area contributed by atoms with Gasteiger partial charge >= 0.3 is 0 Å². The number of aryl methyl sites for hydroxylation is 1. The first-order chi connectivity index (χ1) is 8.33. The number of benzene rings is 2. The molecule has 84 valence electrons. The van der Waals surface area contributed by atoms with Crippen molar-refractivity contribution in [2.75, 3.05) is 0 Å². The average Bonchev–Trinajstić information content (AvgIpc) is 2.40. The van der Waals surface area contributed by atoms with Gasteiger partial charge in [-0.15, -0.1) is 0 Å². The van der Waals surface area contributed by atoms with E-state index >= 15 is 0 Å². The van der Waals surface area contributed by atoms with Crippen LogP contribution in [0.1, 0.15) is 29.2 Å². The van der Waals surface area contributed by atoms with Crippen LogP contribution in [0.3, 0.4) is 0 Å². The Kier molecular flexibility index (Phi) is 3.57. The maximum absolute atomic E-state index is 9.03. The predicted octanol–water partition coefficient (Wildman–Crippen LogP) is 3.71. The lowest BCUT2D eigenvalue weighted by Gasteiger charge is -2.05. The molecule has 1 nitrogen and oxygen atoms in total. The Morgan fingerprint density at radius 2 is 1.59 bits per heavy atom. The van der Waals surface area contributed by atoms with Crippen molar-refractivity contribution in [2.45, 2.75) is 19.8 Å². The van der Waals surface area contributed by atoms with Crippen LogP contribution < -0.4 is 0 Å². The SMILES string of the molecule is CCc1ccc(Cc2ccccc2C#N)cc1. The average molecular weight is 221 g/mol. The molecule has 1 heteroatoms. The molecule has 0 aliphatic carbocycles. The molecule has 0 amide bonds. The summed E-state index contributed by atoms with van der Waals surface area (Å²) in [5.74, 6) is 0. The minimum absolute atomic E-state index is 0.770. The van der Waals surface area contributed by atoms with E-state index in [1.54, 1.807) is 0 Å². The maximum atomic E-state index is 9.03. The van der Waals surface area contributed by atoms with Crippen molar-refractivity contribution in [2.24, 2.45) is 0 Å². The second-order valence-electron chi connectivity index (χ2n) is 4.12. The molecule has 0 bridgehead atoms. The summed E-state index contributed by atoms with van der Waals surface area (Å²) in [7, 11) is 0. The fourth-order valence-corrected chi connectivity index (χ4v) is 1.90. The van der Waals surface area contributed by atoms with E-state index in [1.807, 2.05) is 24.3 Å². The summed E-state index contributed by atoms with van der Waals surface area (Å²) >= 11 is 0. The predicted molar refractivity (Wildman–Crippen MR) is 69.8 cm³/mol. The molecular weight excluding hydrogens is 206 g/mol. The fraction of sp³-hybridized carbons (Fsp3) is 0.188. The van der Waals surface area contributed by atoms with Gasteiger partial charge in [0.2, 0.25) is 0 Å². The van der Waals surface area contributed by atoms with Crippen molar-refractivity contribution < 1.29 is 0 Å². The van der Waals surface area contributed by atoms with Gasteiger partial charge < -0.3 is 0 Å². The normalized spacial score (nSPS) is 9.88. The number of nitriles is 1. The van der Waals surface area contributed by atoms with Crippen molar-refractivity contribution in [1.29, 1.82) is 5.26 Å². The first-order valence-electron chi connectivity index (χ1n) is 5.89. The standard InChI is InChI=1S/C16H15N/c1-2-13-7-9-14(10-8-13)11-15-5-3-4-6-16(15)12-17/h3-10H,2,11H2,1H3. The monoisotopic (exact) mass is 221 g/mol. The van der Waals surface area contributed by atoms with E-state index < -0.39 is 0 Å². The third-order valence-electron chi connectivity index (χ3n) is 2.96. The molecule has 0 N–H and O–H groups in total. The highest BCUT2D eigenvalue weighted by molar-refractivity contribution is 5.40. The van der Waals surface area contributed by atoms with E-state index in [0.29, 0.717) is 0 Å². The fourth-order valence-electron chi connectivity index (χ4n) is 1.90. The minimum Gasteiger partial charge on any atom is -0.192 e. The molecule has 0 heterocycles. The number of rotatable bonds is 3. The van der Waals surface area contributed by atoms with Gasteiger partial charge in [0.05, 0.1) is 11.6 Å². The molecule has 0 aliphatic heterocycles. The Balaban J connectivity index is 2.23. The van der Waals surface area contributed by atoms with Crippen LogP contribution in [0.4, 0.5) is 0 Å². The lowest BCUT2D eigenvalue weighted by molar-refractivity contribution is 1.12. The van der Waals surface area contributed by atoms with Crippen LogP contribution in [0.5, 0.6) is 0 Å². The highest BCUT2D eigenvalue weighted by atomic mass is 14.2. The zero-order valence-electron chi connectivity index (χ0n) is 9.98. The summed E-state index contributed by atoms with van der Waals surface area (Å²) < 4.78 is 0. The van der Waals surface area contributed by atoms with Gasteiger partial charge in [-0.2, -0.15) is 5.26 Å². The van der Waals surface area contributed by atoms with Crippen molar-refractivity contribution >= 4 is 0 Å². The summed E-state index contributed by atoms with van der Waals surface area (Å²) in [6.07, 6.45) is 1.89. The summed E-state index contributed by atoms with van der Waals surface area (Å²) in [6, 6.07) is 18.6. The van der Waals surface area contributed by atoms with Crippen LogP contribution in [0.2, 0.25) is 0 Å². The van der Waals surface area contributed by atoms with Gasteiger partial charge in [-0.3, -0.25) is 0 Å². The zero-order chi connectivity index (χ0) is 12.1.